The zero-order chi connectivity index (χ0) is 10.8. The van der Waals surface area contributed by atoms with Crippen molar-refractivity contribution in [2.45, 2.75) is 13.8 Å². The van der Waals surface area contributed by atoms with Gasteiger partial charge in [0.2, 0.25) is 0 Å². The van der Waals surface area contributed by atoms with Gasteiger partial charge >= 0.3 is 0 Å². The second-order valence-electron chi connectivity index (χ2n) is 3.28. The van der Waals surface area contributed by atoms with Crippen molar-refractivity contribution in [1.82, 2.24) is 5.48 Å². The van der Waals surface area contributed by atoms with E-state index in [0.29, 0.717) is 25.7 Å². The summed E-state index contributed by atoms with van der Waals surface area (Å²) in [7, 11) is 1.58. The molecule has 0 bridgehead atoms. The highest BCUT2D eigenvalue weighted by molar-refractivity contribution is 5.75. The molecule has 5 heteroatoms. The molecule has 1 amide bonds. The minimum absolute atomic E-state index is 0.00144. The first-order chi connectivity index (χ1) is 6.66. The second kappa shape index (κ2) is 8.93. The fraction of sp³-hybridized carbons (Fsp3) is 0.889. The number of carbonyl (C=O) groups excluding carboxylic acids is 1. The summed E-state index contributed by atoms with van der Waals surface area (Å²) in [6.07, 6.45) is 0. The van der Waals surface area contributed by atoms with E-state index >= 15 is 0 Å². The number of hydroxylamine groups is 1. The van der Waals surface area contributed by atoms with Crippen LogP contribution in [0.4, 0.5) is 0 Å². The Bertz CT molecular complexity index is 150. The first-order valence-corrected chi connectivity index (χ1v) is 4.64. The molecule has 0 atom stereocenters. The number of rotatable bonds is 8. The summed E-state index contributed by atoms with van der Waals surface area (Å²) in [5.74, 6) is 0.117. The quantitative estimate of drug-likeness (QED) is 0.459. The Hall–Kier alpha value is -0.650. The summed E-state index contributed by atoms with van der Waals surface area (Å²) < 4.78 is 9.72. The molecule has 0 spiro atoms. The highest BCUT2D eigenvalue weighted by atomic mass is 16.7. The summed E-state index contributed by atoms with van der Waals surface area (Å²) in [5, 5.41) is 0. The predicted molar refractivity (Wildman–Crippen MR) is 51.6 cm³/mol. The van der Waals surface area contributed by atoms with Crippen LogP contribution in [0.25, 0.3) is 0 Å². The van der Waals surface area contributed by atoms with Crippen LogP contribution >= 0.6 is 0 Å². The molecule has 0 aliphatic heterocycles. The second-order valence-corrected chi connectivity index (χ2v) is 3.28. The molecule has 1 N–H and O–H groups in total. The molecule has 0 aliphatic carbocycles. The van der Waals surface area contributed by atoms with Crippen LogP contribution in [0, 0.1) is 5.92 Å². The maximum Gasteiger partial charge on any atom is 0.269 e. The van der Waals surface area contributed by atoms with E-state index in [2.05, 4.69) is 5.48 Å². The van der Waals surface area contributed by atoms with Crippen LogP contribution in [0.3, 0.4) is 0 Å². The number of nitrogens with one attached hydrogen (secondary N) is 1. The van der Waals surface area contributed by atoms with Crippen molar-refractivity contribution in [2.75, 3.05) is 33.5 Å². The van der Waals surface area contributed by atoms with Crippen molar-refractivity contribution >= 4 is 5.91 Å². The lowest BCUT2D eigenvalue weighted by Crippen LogP contribution is -2.29. The summed E-state index contributed by atoms with van der Waals surface area (Å²) >= 11 is 0. The van der Waals surface area contributed by atoms with Gasteiger partial charge in [-0.3, -0.25) is 9.63 Å². The summed E-state index contributed by atoms with van der Waals surface area (Å²) in [6, 6.07) is 0. The third kappa shape index (κ3) is 9.44. The van der Waals surface area contributed by atoms with Crippen LogP contribution in [0.1, 0.15) is 13.8 Å². The molecular weight excluding hydrogens is 186 g/mol. The normalized spacial score (nSPS) is 10.6. The fourth-order valence-electron chi connectivity index (χ4n) is 0.625. The highest BCUT2D eigenvalue weighted by Crippen LogP contribution is 1.89. The zero-order valence-electron chi connectivity index (χ0n) is 9.04. The predicted octanol–water partition coefficient (Wildman–Crippen LogP) is 0.353. The average Bonchev–Trinajstić information content (AvgIpc) is 2.12. The van der Waals surface area contributed by atoms with E-state index in [1.165, 1.54) is 0 Å². The van der Waals surface area contributed by atoms with Gasteiger partial charge in [-0.15, -0.1) is 0 Å². The van der Waals surface area contributed by atoms with Crippen LogP contribution in [0.2, 0.25) is 0 Å². The highest BCUT2D eigenvalue weighted by Gasteiger charge is 2.01. The lowest BCUT2D eigenvalue weighted by atomic mass is 10.2. The Labute approximate surface area is 84.7 Å². The van der Waals surface area contributed by atoms with E-state index in [4.69, 9.17) is 14.3 Å². The Balaban J connectivity index is 3.20. The molecule has 0 radical (unpaired) electrons. The Morgan fingerprint density at radius 1 is 1.36 bits per heavy atom. The molecular formula is C9H19NO4. The summed E-state index contributed by atoms with van der Waals surface area (Å²) in [4.78, 5) is 15.9. The molecule has 0 aromatic rings. The van der Waals surface area contributed by atoms with Gasteiger partial charge in [0.1, 0.15) is 6.61 Å². The van der Waals surface area contributed by atoms with Gasteiger partial charge in [-0.05, 0) is 5.92 Å². The lowest BCUT2D eigenvalue weighted by Gasteiger charge is -2.07. The maximum absolute atomic E-state index is 11.0. The van der Waals surface area contributed by atoms with Crippen molar-refractivity contribution in [3.8, 4) is 0 Å². The average molecular weight is 205 g/mol. The molecule has 0 rings (SSSR count). The molecule has 0 aromatic heterocycles. The van der Waals surface area contributed by atoms with Crippen molar-refractivity contribution in [1.29, 1.82) is 0 Å². The Kier molecular flexibility index (Phi) is 8.51. The fourth-order valence-corrected chi connectivity index (χ4v) is 0.625. The van der Waals surface area contributed by atoms with E-state index in [0.717, 1.165) is 0 Å². The molecule has 0 aromatic carbocycles. The monoisotopic (exact) mass is 205 g/mol. The first-order valence-electron chi connectivity index (χ1n) is 4.64. The topological polar surface area (TPSA) is 56.8 Å². The standard InChI is InChI=1S/C9H19NO4/c1-8(2)6-14-10-9(11)7-13-5-4-12-3/h8H,4-7H2,1-3H3,(H,10,11). The van der Waals surface area contributed by atoms with E-state index in [1.54, 1.807) is 7.11 Å². The minimum Gasteiger partial charge on any atom is -0.382 e. The van der Waals surface area contributed by atoms with E-state index in [9.17, 15) is 4.79 Å². The molecule has 0 saturated heterocycles. The smallest absolute Gasteiger partial charge is 0.269 e. The van der Waals surface area contributed by atoms with Gasteiger partial charge in [0, 0.05) is 7.11 Å². The Morgan fingerprint density at radius 3 is 2.64 bits per heavy atom. The lowest BCUT2D eigenvalue weighted by molar-refractivity contribution is -0.139. The van der Waals surface area contributed by atoms with E-state index in [1.807, 2.05) is 13.8 Å². The molecule has 0 heterocycles. The molecule has 0 fully saturated rings. The van der Waals surface area contributed by atoms with Crippen LogP contribution in [-0.2, 0) is 19.1 Å². The maximum atomic E-state index is 11.0. The third-order valence-corrected chi connectivity index (χ3v) is 1.27. The molecule has 0 unspecified atom stereocenters. The molecule has 0 saturated carbocycles. The summed E-state index contributed by atoms with van der Waals surface area (Å²) in [6.45, 7) is 5.40. The number of carbonyl (C=O) groups is 1. The van der Waals surface area contributed by atoms with Crippen LogP contribution in [0.15, 0.2) is 0 Å². The zero-order valence-corrected chi connectivity index (χ0v) is 9.04. The van der Waals surface area contributed by atoms with Gasteiger partial charge in [-0.2, -0.15) is 0 Å². The van der Waals surface area contributed by atoms with Crippen molar-refractivity contribution in [3.63, 3.8) is 0 Å². The first kappa shape index (κ1) is 13.4. The van der Waals surface area contributed by atoms with Crippen LogP contribution in [-0.4, -0.2) is 39.4 Å². The van der Waals surface area contributed by atoms with E-state index < -0.39 is 0 Å². The number of methoxy groups -OCH3 is 1. The Morgan fingerprint density at radius 2 is 2.07 bits per heavy atom. The van der Waals surface area contributed by atoms with E-state index in [-0.39, 0.29) is 12.5 Å². The number of ether oxygens (including phenoxy) is 2. The summed E-state index contributed by atoms with van der Waals surface area (Å²) in [5.41, 5.74) is 2.29. The minimum atomic E-state index is -0.276. The van der Waals surface area contributed by atoms with Gasteiger partial charge in [-0.25, -0.2) is 5.48 Å². The van der Waals surface area contributed by atoms with Gasteiger partial charge in [0.15, 0.2) is 0 Å². The van der Waals surface area contributed by atoms with Crippen molar-refractivity contribution in [3.05, 3.63) is 0 Å². The van der Waals surface area contributed by atoms with Gasteiger partial charge < -0.3 is 9.47 Å². The largest absolute Gasteiger partial charge is 0.382 e. The van der Waals surface area contributed by atoms with Gasteiger partial charge in [0.25, 0.3) is 5.91 Å². The molecule has 5 nitrogen and oxygen atoms in total. The number of hydrogen-bond acceptors (Lipinski definition) is 4. The van der Waals surface area contributed by atoms with Crippen molar-refractivity contribution in [2.24, 2.45) is 5.92 Å². The number of amides is 1. The molecule has 14 heavy (non-hydrogen) atoms. The van der Waals surface area contributed by atoms with Gasteiger partial charge in [-0.1, -0.05) is 13.8 Å². The SMILES string of the molecule is COCCOCC(=O)NOCC(C)C. The van der Waals surface area contributed by atoms with Gasteiger partial charge in [0.05, 0.1) is 19.8 Å². The third-order valence-electron chi connectivity index (χ3n) is 1.27. The van der Waals surface area contributed by atoms with Crippen LogP contribution < -0.4 is 5.48 Å². The molecule has 84 valence electrons. The molecule has 0 aliphatic rings. The van der Waals surface area contributed by atoms with Crippen LogP contribution in [0.5, 0.6) is 0 Å². The number of hydrogen-bond donors (Lipinski definition) is 1. The van der Waals surface area contributed by atoms with Crippen molar-refractivity contribution < 1.29 is 19.1 Å².